The van der Waals surface area contributed by atoms with Gasteiger partial charge in [-0.15, -0.1) is 0 Å². The lowest BCUT2D eigenvalue weighted by atomic mass is 9.66. The van der Waals surface area contributed by atoms with Crippen LogP contribution in [-0.4, -0.2) is 36.7 Å². The summed E-state index contributed by atoms with van der Waals surface area (Å²) in [6.45, 7) is 2.35. The lowest BCUT2D eigenvalue weighted by Crippen LogP contribution is -2.46. The Morgan fingerprint density at radius 3 is 2.56 bits per heavy atom. The number of aliphatic carboxylic acids is 1. The van der Waals surface area contributed by atoms with Gasteiger partial charge in [-0.3, -0.25) is 4.79 Å². The van der Waals surface area contributed by atoms with Gasteiger partial charge in [0, 0.05) is 12.0 Å². The number of carboxylic acid groups (broad SMARTS) is 1. The molecule has 1 rings (SSSR count). The third kappa shape index (κ3) is 3.20. The summed E-state index contributed by atoms with van der Waals surface area (Å²) in [5.41, 5.74) is -0.160. The van der Waals surface area contributed by atoms with Gasteiger partial charge in [-0.05, 0) is 19.3 Å². The van der Waals surface area contributed by atoms with Crippen LogP contribution in [0, 0.1) is 5.41 Å². The zero-order valence-electron chi connectivity index (χ0n) is 9.62. The molecule has 0 heterocycles. The zero-order chi connectivity index (χ0) is 12.0. The van der Waals surface area contributed by atoms with Gasteiger partial charge in [-0.1, -0.05) is 13.3 Å². The van der Waals surface area contributed by atoms with Crippen LogP contribution in [-0.2, 0) is 14.3 Å². The van der Waals surface area contributed by atoms with Gasteiger partial charge in [0.15, 0.2) is 0 Å². The minimum absolute atomic E-state index is 0.0835. The predicted molar refractivity (Wildman–Crippen MR) is 58.0 cm³/mol. The minimum Gasteiger partial charge on any atom is -0.480 e. The highest BCUT2D eigenvalue weighted by Gasteiger charge is 2.41. The van der Waals surface area contributed by atoms with E-state index in [1.807, 2.05) is 6.92 Å². The summed E-state index contributed by atoms with van der Waals surface area (Å²) < 4.78 is 4.83. The summed E-state index contributed by atoms with van der Waals surface area (Å²) >= 11 is 0. The second kappa shape index (κ2) is 5.84. The van der Waals surface area contributed by atoms with Crippen molar-refractivity contribution in [3.8, 4) is 0 Å². The molecule has 0 spiro atoms. The maximum atomic E-state index is 11.8. The third-order valence-electron chi connectivity index (χ3n) is 3.23. The molecule has 1 fully saturated rings. The lowest BCUT2D eigenvalue weighted by Gasteiger charge is -2.39. The number of rotatable bonds is 7. The van der Waals surface area contributed by atoms with Crippen LogP contribution in [0.5, 0.6) is 0 Å². The van der Waals surface area contributed by atoms with Crippen molar-refractivity contribution in [2.24, 2.45) is 5.41 Å². The highest BCUT2D eigenvalue weighted by molar-refractivity contribution is 5.83. The van der Waals surface area contributed by atoms with Gasteiger partial charge in [0.1, 0.15) is 6.61 Å². The molecule has 1 amide bonds. The second-order valence-electron chi connectivity index (χ2n) is 4.19. The molecular formula is C11H19NO4. The summed E-state index contributed by atoms with van der Waals surface area (Å²) in [4.78, 5) is 21.9. The highest BCUT2D eigenvalue weighted by atomic mass is 16.5. The van der Waals surface area contributed by atoms with E-state index in [2.05, 4.69) is 5.32 Å². The fourth-order valence-electron chi connectivity index (χ4n) is 1.93. The first-order valence-electron chi connectivity index (χ1n) is 5.68. The van der Waals surface area contributed by atoms with Crippen LogP contribution in [0.15, 0.2) is 0 Å². The Balaban J connectivity index is 2.13. The summed E-state index contributed by atoms with van der Waals surface area (Å²) in [7, 11) is 0. The Morgan fingerprint density at radius 1 is 1.44 bits per heavy atom. The Morgan fingerprint density at radius 2 is 2.12 bits per heavy atom. The zero-order valence-corrected chi connectivity index (χ0v) is 9.62. The fourth-order valence-corrected chi connectivity index (χ4v) is 1.93. The van der Waals surface area contributed by atoms with Crippen molar-refractivity contribution in [3.05, 3.63) is 0 Å². The number of nitrogens with one attached hydrogen (secondary N) is 1. The fraction of sp³-hybridized carbons (Fsp3) is 0.818. The van der Waals surface area contributed by atoms with E-state index in [9.17, 15) is 9.59 Å². The number of amides is 1. The van der Waals surface area contributed by atoms with Crippen LogP contribution in [0.3, 0.4) is 0 Å². The number of hydrogen-bond donors (Lipinski definition) is 2. The molecule has 92 valence electrons. The van der Waals surface area contributed by atoms with Gasteiger partial charge in [-0.2, -0.15) is 0 Å². The van der Waals surface area contributed by atoms with Crippen molar-refractivity contribution < 1.29 is 19.4 Å². The van der Waals surface area contributed by atoms with Crippen molar-refractivity contribution in [2.75, 3.05) is 19.8 Å². The SMILES string of the molecule is CCC1(C(=O)NCCOCC(=O)O)CCC1. The first-order valence-corrected chi connectivity index (χ1v) is 5.68. The average molecular weight is 229 g/mol. The van der Waals surface area contributed by atoms with Crippen molar-refractivity contribution >= 4 is 11.9 Å². The topological polar surface area (TPSA) is 75.6 Å². The van der Waals surface area contributed by atoms with Gasteiger partial charge in [0.05, 0.1) is 6.61 Å². The standard InChI is InChI=1S/C11H19NO4/c1-2-11(4-3-5-11)10(15)12-6-7-16-8-9(13)14/h2-8H2,1H3,(H,12,15)(H,13,14). The van der Waals surface area contributed by atoms with E-state index < -0.39 is 5.97 Å². The van der Waals surface area contributed by atoms with Crippen LogP contribution >= 0.6 is 0 Å². The number of ether oxygens (including phenoxy) is 1. The molecule has 5 nitrogen and oxygen atoms in total. The molecule has 0 radical (unpaired) electrons. The average Bonchev–Trinajstić information content (AvgIpc) is 2.16. The first-order chi connectivity index (χ1) is 7.60. The molecule has 0 aliphatic heterocycles. The van der Waals surface area contributed by atoms with E-state index in [1.165, 1.54) is 0 Å². The highest BCUT2D eigenvalue weighted by Crippen LogP contribution is 2.43. The first kappa shape index (κ1) is 13.0. The Hall–Kier alpha value is -1.10. The van der Waals surface area contributed by atoms with Gasteiger partial charge in [0.2, 0.25) is 5.91 Å². The summed E-state index contributed by atoms with van der Waals surface area (Å²) in [6.07, 6.45) is 3.92. The normalized spacial score (nSPS) is 17.6. The van der Waals surface area contributed by atoms with Gasteiger partial charge in [-0.25, -0.2) is 4.79 Å². The molecular weight excluding hydrogens is 210 g/mol. The molecule has 0 bridgehead atoms. The van der Waals surface area contributed by atoms with Crippen LogP contribution in [0.25, 0.3) is 0 Å². The van der Waals surface area contributed by atoms with E-state index in [0.717, 1.165) is 25.7 Å². The van der Waals surface area contributed by atoms with E-state index in [0.29, 0.717) is 6.54 Å². The van der Waals surface area contributed by atoms with Crippen LogP contribution in [0.1, 0.15) is 32.6 Å². The van der Waals surface area contributed by atoms with Crippen LogP contribution in [0.4, 0.5) is 0 Å². The molecule has 1 aliphatic rings. The van der Waals surface area contributed by atoms with Gasteiger partial charge in [0.25, 0.3) is 0 Å². The van der Waals surface area contributed by atoms with Gasteiger partial charge >= 0.3 is 5.97 Å². The predicted octanol–water partition coefficient (Wildman–Crippen LogP) is 0.784. The van der Waals surface area contributed by atoms with Crippen molar-refractivity contribution in [2.45, 2.75) is 32.6 Å². The minimum atomic E-state index is -0.990. The van der Waals surface area contributed by atoms with Gasteiger partial charge < -0.3 is 15.2 Å². The molecule has 0 unspecified atom stereocenters. The molecule has 5 heteroatoms. The number of carbonyl (C=O) groups excluding carboxylic acids is 1. The summed E-state index contributed by atoms with van der Waals surface area (Å²) in [5.74, 6) is -0.907. The largest absolute Gasteiger partial charge is 0.480 e. The summed E-state index contributed by atoms with van der Waals surface area (Å²) in [6, 6.07) is 0. The number of hydrogen-bond acceptors (Lipinski definition) is 3. The third-order valence-corrected chi connectivity index (χ3v) is 3.23. The molecule has 1 saturated carbocycles. The Labute approximate surface area is 95.2 Å². The van der Waals surface area contributed by atoms with Crippen molar-refractivity contribution in [1.82, 2.24) is 5.32 Å². The quantitative estimate of drug-likeness (QED) is 0.633. The maximum absolute atomic E-state index is 11.8. The van der Waals surface area contributed by atoms with Crippen molar-refractivity contribution in [1.29, 1.82) is 0 Å². The molecule has 0 aromatic carbocycles. The molecule has 0 atom stereocenters. The molecule has 0 saturated heterocycles. The molecule has 16 heavy (non-hydrogen) atoms. The molecule has 0 aromatic heterocycles. The monoisotopic (exact) mass is 229 g/mol. The van der Waals surface area contributed by atoms with Crippen LogP contribution < -0.4 is 5.32 Å². The molecule has 1 aliphatic carbocycles. The molecule has 0 aromatic rings. The van der Waals surface area contributed by atoms with E-state index in [4.69, 9.17) is 9.84 Å². The summed E-state index contributed by atoms with van der Waals surface area (Å²) in [5, 5.41) is 11.1. The smallest absolute Gasteiger partial charge is 0.329 e. The number of carboxylic acids is 1. The van der Waals surface area contributed by atoms with Crippen molar-refractivity contribution in [3.63, 3.8) is 0 Å². The van der Waals surface area contributed by atoms with Crippen LogP contribution in [0.2, 0.25) is 0 Å². The number of carbonyl (C=O) groups is 2. The lowest BCUT2D eigenvalue weighted by molar-refractivity contribution is -0.142. The van der Waals surface area contributed by atoms with E-state index >= 15 is 0 Å². The van der Waals surface area contributed by atoms with E-state index in [1.54, 1.807) is 0 Å². The molecule has 2 N–H and O–H groups in total. The maximum Gasteiger partial charge on any atom is 0.329 e. The van der Waals surface area contributed by atoms with E-state index in [-0.39, 0.29) is 24.5 Å². The Kier molecular flexibility index (Phi) is 4.73. The Bertz CT molecular complexity index is 255. The second-order valence-corrected chi connectivity index (χ2v) is 4.19.